The highest BCUT2D eigenvalue weighted by atomic mass is 35.5. The number of nitro groups is 1. The number of carbonyl (C=O) groups excluding carboxylic acids is 1. The van der Waals surface area contributed by atoms with Gasteiger partial charge in [-0.15, -0.1) is 0 Å². The lowest BCUT2D eigenvalue weighted by atomic mass is 10.1. The molecule has 4 rings (SSSR count). The predicted octanol–water partition coefficient (Wildman–Crippen LogP) is 7.19. The third kappa shape index (κ3) is 5.86. The van der Waals surface area contributed by atoms with Crippen molar-refractivity contribution in [2.75, 3.05) is 12.4 Å². The van der Waals surface area contributed by atoms with E-state index in [2.05, 4.69) is 5.32 Å². The summed E-state index contributed by atoms with van der Waals surface area (Å²) < 4.78 is 11.5. The summed E-state index contributed by atoms with van der Waals surface area (Å²) in [5, 5.41) is 24.9. The number of nitrogens with one attached hydrogen (secondary N) is 1. The van der Waals surface area contributed by atoms with Crippen molar-refractivity contribution in [2.24, 2.45) is 0 Å². The second-order valence-electron chi connectivity index (χ2n) is 8.00. The number of halogens is 2. The van der Waals surface area contributed by atoms with E-state index in [1.54, 1.807) is 18.2 Å². The number of nitro benzene ring substituents is 1. The molecule has 0 aliphatic carbocycles. The van der Waals surface area contributed by atoms with E-state index in [1.165, 1.54) is 13.2 Å². The Morgan fingerprint density at radius 3 is 2.45 bits per heavy atom. The normalized spacial score (nSPS) is 11.1. The minimum absolute atomic E-state index is 0.0427. The van der Waals surface area contributed by atoms with Crippen molar-refractivity contribution in [3.8, 4) is 17.6 Å². The van der Waals surface area contributed by atoms with Crippen LogP contribution < -0.4 is 14.8 Å². The molecule has 190 valence electrons. The van der Waals surface area contributed by atoms with Gasteiger partial charge in [0.2, 0.25) is 0 Å². The number of rotatable bonds is 8. The number of carbonyl (C=O) groups is 1. The zero-order valence-electron chi connectivity index (χ0n) is 19.9. The Hall–Kier alpha value is -4.58. The van der Waals surface area contributed by atoms with Crippen LogP contribution in [0.4, 0.5) is 11.4 Å². The number of non-ortho nitro benzene ring substituents is 1. The molecule has 8 nitrogen and oxygen atoms in total. The highest BCUT2D eigenvalue weighted by Crippen LogP contribution is 2.35. The van der Waals surface area contributed by atoms with E-state index in [4.69, 9.17) is 32.7 Å². The predicted molar refractivity (Wildman–Crippen MR) is 147 cm³/mol. The Morgan fingerprint density at radius 1 is 1.05 bits per heavy atom. The largest absolute Gasteiger partial charge is 0.493 e. The van der Waals surface area contributed by atoms with Gasteiger partial charge in [0.25, 0.3) is 11.6 Å². The van der Waals surface area contributed by atoms with Crippen LogP contribution in [0.15, 0.2) is 78.4 Å². The summed E-state index contributed by atoms with van der Waals surface area (Å²) in [5.41, 5.74) is 0.870. The van der Waals surface area contributed by atoms with Gasteiger partial charge in [-0.2, -0.15) is 5.26 Å². The molecule has 4 aromatic rings. The summed E-state index contributed by atoms with van der Waals surface area (Å²) >= 11 is 12.1. The molecule has 0 saturated heterocycles. The van der Waals surface area contributed by atoms with Crippen molar-refractivity contribution in [1.29, 1.82) is 5.26 Å². The zero-order valence-corrected chi connectivity index (χ0v) is 21.4. The number of anilines is 1. The number of amides is 1. The maximum Gasteiger partial charge on any atom is 0.272 e. The molecular formula is C28H19Cl2N3O5. The molecule has 0 heterocycles. The first kappa shape index (κ1) is 26.5. The zero-order chi connectivity index (χ0) is 27.2. The van der Waals surface area contributed by atoms with E-state index in [-0.39, 0.29) is 33.6 Å². The van der Waals surface area contributed by atoms with Crippen molar-refractivity contribution >= 4 is 57.3 Å². The Balaban J connectivity index is 1.58. The quantitative estimate of drug-likeness (QED) is 0.108. The molecule has 0 unspecified atom stereocenters. The van der Waals surface area contributed by atoms with Gasteiger partial charge in [-0.3, -0.25) is 14.9 Å². The average Bonchev–Trinajstić information content (AvgIpc) is 2.92. The second-order valence-corrected chi connectivity index (χ2v) is 8.82. The number of ether oxygens (including phenoxy) is 2. The first-order valence-electron chi connectivity index (χ1n) is 11.1. The lowest BCUT2D eigenvalue weighted by molar-refractivity contribution is -0.384. The van der Waals surface area contributed by atoms with Crippen LogP contribution in [0.25, 0.3) is 16.8 Å². The molecule has 0 aromatic heterocycles. The molecule has 0 radical (unpaired) electrons. The standard InChI is InChI=1S/C28H19Cl2N3O5/c1-37-25-10-9-17(12-26(25)38-16-19-7-4-6-18-5-2-3-8-22(18)19)11-20(15-31)28(34)32-27-23(29)13-21(33(35)36)14-24(27)30/h2-14H,16H2,1H3,(H,32,34)/b20-11+. The van der Waals surface area contributed by atoms with Gasteiger partial charge in [-0.1, -0.05) is 71.7 Å². The Labute approximate surface area is 227 Å². The summed E-state index contributed by atoms with van der Waals surface area (Å²) in [6.07, 6.45) is 1.37. The van der Waals surface area contributed by atoms with Gasteiger partial charge >= 0.3 is 0 Å². The van der Waals surface area contributed by atoms with Crippen LogP contribution in [-0.2, 0) is 11.4 Å². The SMILES string of the molecule is COc1ccc(/C=C(\C#N)C(=O)Nc2c(Cl)cc([N+](=O)[O-])cc2Cl)cc1OCc1cccc2ccccc12. The fraction of sp³-hybridized carbons (Fsp3) is 0.0714. The molecule has 0 spiro atoms. The molecule has 10 heteroatoms. The lowest BCUT2D eigenvalue weighted by Gasteiger charge is -2.13. The Morgan fingerprint density at radius 2 is 1.76 bits per heavy atom. The van der Waals surface area contributed by atoms with E-state index >= 15 is 0 Å². The maximum absolute atomic E-state index is 12.8. The minimum atomic E-state index is -0.792. The Kier molecular flexibility index (Phi) is 8.12. The molecule has 1 N–H and O–H groups in total. The van der Waals surface area contributed by atoms with Crippen molar-refractivity contribution in [1.82, 2.24) is 0 Å². The molecule has 0 fully saturated rings. The van der Waals surface area contributed by atoms with Crippen LogP contribution in [0.2, 0.25) is 10.0 Å². The van der Waals surface area contributed by atoms with Crippen molar-refractivity contribution < 1.29 is 19.2 Å². The highest BCUT2D eigenvalue weighted by Gasteiger charge is 2.19. The topological polar surface area (TPSA) is 114 Å². The van der Waals surface area contributed by atoms with Gasteiger partial charge in [0, 0.05) is 12.1 Å². The number of methoxy groups -OCH3 is 1. The van der Waals surface area contributed by atoms with Crippen LogP contribution in [0.1, 0.15) is 11.1 Å². The summed E-state index contributed by atoms with van der Waals surface area (Å²) in [6, 6.07) is 22.9. The number of benzene rings is 4. The number of fused-ring (bicyclic) bond motifs is 1. The van der Waals surface area contributed by atoms with Gasteiger partial charge < -0.3 is 14.8 Å². The van der Waals surface area contributed by atoms with E-state index < -0.39 is 10.8 Å². The third-order valence-electron chi connectivity index (χ3n) is 5.60. The summed E-state index contributed by atoms with van der Waals surface area (Å²) in [4.78, 5) is 23.1. The minimum Gasteiger partial charge on any atom is -0.493 e. The molecule has 38 heavy (non-hydrogen) atoms. The monoisotopic (exact) mass is 547 g/mol. The summed E-state index contributed by atoms with van der Waals surface area (Å²) in [5.74, 6) is 0.113. The third-order valence-corrected chi connectivity index (χ3v) is 6.20. The molecule has 0 saturated carbocycles. The van der Waals surface area contributed by atoms with Crippen molar-refractivity contribution in [3.63, 3.8) is 0 Å². The molecule has 0 bridgehead atoms. The number of nitriles is 1. The number of nitrogens with zero attached hydrogens (tertiary/aromatic N) is 2. The first-order valence-corrected chi connectivity index (χ1v) is 11.9. The van der Waals surface area contributed by atoms with E-state index in [1.807, 2.05) is 48.5 Å². The van der Waals surface area contributed by atoms with Crippen molar-refractivity contribution in [2.45, 2.75) is 6.61 Å². The van der Waals surface area contributed by atoms with Gasteiger partial charge in [0.05, 0.1) is 27.8 Å². The van der Waals surface area contributed by atoms with Crippen LogP contribution in [0.3, 0.4) is 0 Å². The van der Waals surface area contributed by atoms with E-state index in [0.29, 0.717) is 17.1 Å². The van der Waals surface area contributed by atoms with Crippen LogP contribution in [0.5, 0.6) is 11.5 Å². The van der Waals surface area contributed by atoms with Crippen molar-refractivity contribution in [3.05, 3.63) is 110 Å². The first-order chi connectivity index (χ1) is 18.3. The van der Waals surface area contributed by atoms with Gasteiger partial charge in [-0.25, -0.2) is 0 Å². The van der Waals surface area contributed by atoms with Crippen LogP contribution in [0, 0.1) is 21.4 Å². The summed E-state index contributed by atoms with van der Waals surface area (Å²) in [6.45, 7) is 0.271. The van der Waals surface area contributed by atoms with Crippen LogP contribution >= 0.6 is 23.2 Å². The van der Waals surface area contributed by atoms with Gasteiger partial charge in [-0.05, 0) is 40.1 Å². The molecule has 0 atom stereocenters. The number of hydrogen-bond donors (Lipinski definition) is 1. The Bertz CT molecular complexity index is 1600. The van der Waals surface area contributed by atoms with Gasteiger partial charge in [0.1, 0.15) is 18.2 Å². The summed E-state index contributed by atoms with van der Waals surface area (Å²) in [7, 11) is 1.52. The molecule has 4 aromatic carbocycles. The van der Waals surface area contributed by atoms with E-state index in [0.717, 1.165) is 28.5 Å². The smallest absolute Gasteiger partial charge is 0.272 e. The van der Waals surface area contributed by atoms with Gasteiger partial charge in [0.15, 0.2) is 11.5 Å². The average molecular weight is 548 g/mol. The van der Waals surface area contributed by atoms with E-state index in [9.17, 15) is 20.2 Å². The molecule has 0 aliphatic heterocycles. The molecule has 1 amide bonds. The fourth-order valence-electron chi connectivity index (χ4n) is 3.75. The molecule has 0 aliphatic rings. The van der Waals surface area contributed by atoms with Crippen LogP contribution in [-0.4, -0.2) is 17.9 Å². The fourth-order valence-corrected chi connectivity index (χ4v) is 4.32. The number of hydrogen-bond acceptors (Lipinski definition) is 6. The lowest BCUT2D eigenvalue weighted by Crippen LogP contribution is -2.14. The highest BCUT2D eigenvalue weighted by molar-refractivity contribution is 6.40. The second kappa shape index (κ2) is 11.6. The maximum atomic E-state index is 12.8. The molecular weight excluding hydrogens is 529 g/mol.